The van der Waals surface area contributed by atoms with Gasteiger partial charge in [0.1, 0.15) is 0 Å². The largest absolute Gasteiger partial charge is 0.425 e. The van der Waals surface area contributed by atoms with Gasteiger partial charge in [-0.25, -0.2) is 0 Å². The lowest BCUT2D eigenvalue weighted by molar-refractivity contribution is -0.190. The molecule has 1 aliphatic heterocycles. The number of nitrogens with zero attached hydrogens (tertiary/aromatic N) is 1. The van der Waals surface area contributed by atoms with Gasteiger partial charge in [0.15, 0.2) is 5.78 Å². The van der Waals surface area contributed by atoms with Crippen LogP contribution in [0.3, 0.4) is 0 Å². The summed E-state index contributed by atoms with van der Waals surface area (Å²) in [7, 11) is 0. The molecular weight excluding hydrogens is 481 g/mol. The van der Waals surface area contributed by atoms with Gasteiger partial charge in [0.05, 0.1) is 16.2 Å². The number of hydrogen-bond acceptors (Lipinski definition) is 3. The lowest BCUT2D eigenvalue weighted by Gasteiger charge is -2.35. The number of amides is 2. The average molecular weight is 505 g/mol. The Bertz CT molecular complexity index is 1220. The lowest BCUT2D eigenvalue weighted by atomic mass is 9.72. The fraction of sp³-hybridized carbons (Fsp3) is 0.346. The van der Waals surface area contributed by atoms with Gasteiger partial charge in [0.25, 0.3) is 11.8 Å². The maximum absolute atomic E-state index is 14.8. The summed E-state index contributed by atoms with van der Waals surface area (Å²) in [6.45, 7) is 3.47. The Kier molecular flexibility index (Phi) is 6.30. The molecule has 4 rings (SSSR count). The molecule has 0 aromatic heterocycles. The third-order valence-corrected chi connectivity index (χ3v) is 6.76. The second-order valence-corrected chi connectivity index (χ2v) is 10.0. The molecule has 0 bridgehead atoms. The molecule has 1 N–H and O–H groups in total. The van der Waals surface area contributed by atoms with Crippen LogP contribution in [0.4, 0.5) is 13.2 Å². The van der Waals surface area contributed by atoms with E-state index >= 15 is 0 Å². The van der Waals surface area contributed by atoms with Crippen LogP contribution in [0.15, 0.2) is 65.9 Å². The highest BCUT2D eigenvalue weighted by Gasteiger charge is 2.71. The van der Waals surface area contributed by atoms with Crippen molar-refractivity contribution in [2.24, 2.45) is 5.41 Å². The number of nitrogens with one attached hydrogen (secondary N) is 1. The minimum absolute atomic E-state index is 0.0176. The molecule has 0 saturated carbocycles. The van der Waals surface area contributed by atoms with E-state index in [9.17, 15) is 27.6 Å². The highest BCUT2D eigenvalue weighted by atomic mass is 35.5. The van der Waals surface area contributed by atoms with Crippen molar-refractivity contribution in [1.29, 1.82) is 0 Å². The van der Waals surface area contributed by atoms with Crippen molar-refractivity contribution in [2.45, 2.75) is 44.8 Å². The smallest absolute Gasteiger partial charge is 0.326 e. The number of ketones is 1. The topological polar surface area (TPSA) is 66.5 Å². The predicted molar refractivity (Wildman–Crippen MR) is 125 cm³/mol. The molecule has 0 fully saturated rings. The molecule has 2 aromatic rings. The monoisotopic (exact) mass is 504 g/mol. The highest BCUT2D eigenvalue weighted by molar-refractivity contribution is 6.34. The molecule has 2 aromatic carbocycles. The van der Waals surface area contributed by atoms with E-state index in [-0.39, 0.29) is 42.1 Å². The Hall–Kier alpha value is -3.13. The van der Waals surface area contributed by atoms with Crippen LogP contribution >= 0.6 is 11.6 Å². The molecule has 1 unspecified atom stereocenters. The summed E-state index contributed by atoms with van der Waals surface area (Å²) in [5.41, 5.74) is -4.20. The molecule has 1 aliphatic carbocycles. The van der Waals surface area contributed by atoms with E-state index in [2.05, 4.69) is 0 Å². The average Bonchev–Trinajstić information content (AvgIpc) is 3.00. The van der Waals surface area contributed by atoms with Crippen molar-refractivity contribution in [2.75, 3.05) is 6.54 Å². The normalized spacial score (nSPS) is 21.8. The predicted octanol–water partition coefficient (Wildman–Crippen LogP) is 5.10. The van der Waals surface area contributed by atoms with E-state index in [1.54, 1.807) is 26.0 Å². The molecular formula is C26H24ClF3N2O3. The summed E-state index contributed by atoms with van der Waals surface area (Å²) in [4.78, 5) is 40.9. The number of halogens is 4. The fourth-order valence-corrected chi connectivity index (χ4v) is 5.05. The Morgan fingerprint density at radius 2 is 1.66 bits per heavy atom. The third kappa shape index (κ3) is 4.35. The van der Waals surface area contributed by atoms with Crippen LogP contribution in [-0.4, -0.2) is 40.8 Å². The standard InChI is InChI=1S/C26H24ClF3N2O3/c1-24(2)14-19-21(20(33)15-24)25(26(28,29)30,31-22(34)17-10-6-7-11-18(17)27)23(35)32(19)13-12-16-8-4-3-5-9-16/h3-11H,12-15H2,1-2H3,(H,31,34). The third-order valence-electron chi connectivity index (χ3n) is 6.43. The highest BCUT2D eigenvalue weighted by Crippen LogP contribution is 2.51. The molecule has 35 heavy (non-hydrogen) atoms. The minimum Gasteiger partial charge on any atom is -0.326 e. The van der Waals surface area contributed by atoms with Gasteiger partial charge >= 0.3 is 6.18 Å². The molecule has 2 aliphatic rings. The van der Waals surface area contributed by atoms with Crippen molar-refractivity contribution in [3.05, 3.63) is 82.0 Å². The SMILES string of the molecule is CC1(C)CC(=O)C2=C(C1)N(CCc1ccccc1)C(=O)C2(NC(=O)c1ccccc1Cl)C(F)(F)F. The molecule has 1 heterocycles. The second kappa shape index (κ2) is 8.82. The summed E-state index contributed by atoms with van der Waals surface area (Å²) < 4.78 is 44.5. The number of hydrogen-bond donors (Lipinski definition) is 1. The van der Waals surface area contributed by atoms with E-state index in [4.69, 9.17) is 11.6 Å². The van der Waals surface area contributed by atoms with Crippen LogP contribution in [0.5, 0.6) is 0 Å². The number of Topliss-reactive ketones (excluding diaryl/α,β-unsaturated/α-hetero) is 1. The summed E-state index contributed by atoms with van der Waals surface area (Å²) in [6, 6.07) is 14.6. The van der Waals surface area contributed by atoms with Crippen LogP contribution in [0.25, 0.3) is 0 Å². The number of allylic oxidation sites excluding steroid dienone is 1. The van der Waals surface area contributed by atoms with Crippen LogP contribution in [0.1, 0.15) is 42.6 Å². The summed E-state index contributed by atoms with van der Waals surface area (Å²) >= 11 is 6.03. The zero-order chi connectivity index (χ0) is 25.6. The first kappa shape index (κ1) is 25.0. The molecule has 0 spiro atoms. The first-order chi connectivity index (χ1) is 16.4. The van der Waals surface area contributed by atoms with Gasteiger partial charge in [-0.1, -0.05) is 67.9 Å². The maximum Gasteiger partial charge on any atom is 0.425 e. The van der Waals surface area contributed by atoms with E-state index in [0.717, 1.165) is 10.5 Å². The van der Waals surface area contributed by atoms with Crippen molar-refractivity contribution in [3.8, 4) is 0 Å². The molecule has 1 atom stereocenters. The Morgan fingerprint density at radius 3 is 2.29 bits per heavy atom. The van der Waals surface area contributed by atoms with Gasteiger partial charge in [-0.2, -0.15) is 13.2 Å². The van der Waals surface area contributed by atoms with Crippen LogP contribution < -0.4 is 5.32 Å². The van der Waals surface area contributed by atoms with Crippen molar-refractivity contribution < 1.29 is 27.6 Å². The summed E-state index contributed by atoms with van der Waals surface area (Å²) in [5, 5.41) is 1.84. The molecule has 5 nitrogen and oxygen atoms in total. The van der Waals surface area contributed by atoms with Crippen molar-refractivity contribution in [3.63, 3.8) is 0 Å². The molecule has 0 radical (unpaired) electrons. The van der Waals surface area contributed by atoms with E-state index < -0.39 is 40.3 Å². The zero-order valence-corrected chi connectivity index (χ0v) is 20.0. The van der Waals surface area contributed by atoms with E-state index in [1.807, 2.05) is 23.5 Å². The fourth-order valence-electron chi connectivity index (χ4n) is 4.83. The van der Waals surface area contributed by atoms with Crippen molar-refractivity contribution >= 4 is 29.2 Å². The Balaban J connectivity index is 1.82. The number of carbonyl (C=O) groups is 3. The van der Waals surface area contributed by atoms with Gasteiger partial charge in [0, 0.05) is 18.7 Å². The first-order valence-corrected chi connectivity index (χ1v) is 11.5. The van der Waals surface area contributed by atoms with E-state index in [1.165, 1.54) is 24.3 Å². The van der Waals surface area contributed by atoms with Gasteiger partial charge in [-0.15, -0.1) is 0 Å². The number of rotatable bonds is 5. The molecule has 184 valence electrons. The minimum atomic E-state index is -5.26. The first-order valence-electron chi connectivity index (χ1n) is 11.1. The van der Waals surface area contributed by atoms with E-state index in [0.29, 0.717) is 0 Å². The Morgan fingerprint density at radius 1 is 1.03 bits per heavy atom. The Labute approximate surface area is 205 Å². The van der Waals surface area contributed by atoms with Gasteiger partial charge in [0.2, 0.25) is 5.54 Å². The second-order valence-electron chi connectivity index (χ2n) is 9.64. The quantitative estimate of drug-likeness (QED) is 0.616. The van der Waals surface area contributed by atoms with Crippen LogP contribution in [0.2, 0.25) is 5.02 Å². The van der Waals surface area contributed by atoms with Crippen LogP contribution in [0, 0.1) is 5.41 Å². The molecule has 2 amide bonds. The summed E-state index contributed by atoms with van der Waals surface area (Å²) in [6.07, 6.45) is -5.07. The maximum atomic E-state index is 14.8. The van der Waals surface area contributed by atoms with Crippen molar-refractivity contribution in [1.82, 2.24) is 10.2 Å². The van der Waals surface area contributed by atoms with Crippen LogP contribution in [-0.2, 0) is 16.0 Å². The lowest BCUT2D eigenvalue weighted by Crippen LogP contribution is -2.66. The zero-order valence-electron chi connectivity index (χ0n) is 19.2. The van der Waals surface area contributed by atoms with Gasteiger partial charge < -0.3 is 10.2 Å². The molecule has 9 heteroatoms. The van der Waals surface area contributed by atoms with Gasteiger partial charge in [-0.3, -0.25) is 14.4 Å². The number of benzene rings is 2. The number of alkyl halides is 3. The number of carbonyl (C=O) groups excluding carboxylic acids is 3. The molecule has 0 saturated heterocycles. The summed E-state index contributed by atoms with van der Waals surface area (Å²) in [5.74, 6) is -3.36. The van der Waals surface area contributed by atoms with Gasteiger partial charge in [-0.05, 0) is 36.0 Å².